The van der Waals surface area contributed by atoms with E-state index in [0.717, 1.165) is 26.2 Å². The molecule has 1 rings (SSSR count). The second-order valence-electron chi connectivity index (χ2n) is 6.16. The third-order valence-corrected chi connectivity index (χ3v) is 4.82. The van der Waals surface area contributed by atoms with Crippen LogP contribution in [0.1, 0.15) is 53.9 Å². The Labute approximate surface area is 120 Å². The number of hydrogen-bond acceptors (Lipinski definition) is 3. The van der Waals surface area contributed by atoms with Crippen molar-refractivity contribution in [2.45, 2.75) is 65.5 Å². The molecule has 1 atom stereocenters. The molecule has 0 radical (unpaired) electrons. The monoisotopic (exact) mass is 270 g/mol. The predicted octanol–water partition coefficient (Wildman–Crippen LogP) is 2.90. The lowest BCUT2D eigenvalue weighted by Crippen LogP contribution is -2.65. The van der Waals surface area contributed by atoms with Crippen LogP contribution in [0, 0.1) is 5.92 Å². The van der Waals surface area contributed by atoms with Crippen LogP contribution in [0.4, 0.5) is 0 Å². The van der Waals surface area contributed by atoms with E-state index in [1.165, 1.54) is 25.9 Å². The summed E-state index contributed by atoms with van der Waals surface area (Å²) in [6, 6.07) is 0.637. The van der Waals surface area contributed by atoms with Gasteiger partial charge in [0.05, 0.1) is 0 Å². The Hall–Kier alpha value is -0.120. The first-order chi connectivity index (χ1) is 9.09. The molecule has 0 aliphatic carbocycles. The molecule has 3 heteroatoms. The minimum atomic E-state index is 0.359. The Balaban J connectivity index is 2.60. The van der Waals surface area contributed by atoms with Gasteiger partial charge in [-0.1, -0.05) is 27.7 Å². The molecule has 114 valence electrons. The van der Waals surface area contributed by atoms with Crippen LogP contribution in [0.15, 0.2) is 0 Å². The molecule has 0 aromatic carbocycles. The zero-order chi connectivity index (χ0) is 14.3. The number of hydrogen-bond donors (Lipinski definition) is 1. The van der Waals surface area contributed by atoms with Gasteiger partial charge in [0.15, 0.2) is 0 Å². The minimum absolute atomic E-state index is 0.359. The van der Waals surface area contributed by atoms with E-state index in [9.17, 15) is 0 Å². The van der Waals surface area contributed by atoms with Gasteiger partial charge in [-0.3, -0.25) is 4.90 Å². The van der Waals surface area contributed by atoms with Crippen LogP contribution < -0.4 is 5.32 Å². The van der Waals surface area contributed by atoms with Crippen molar-refractivity contribution in [3.63, 3.8) is 0 Å². The Morgan fingerprint density at radius 3 is 2.47 bits per heavy atom. The molecule has 1 aliphatic heterocycles. The van der Waals surface area contributed by atoms with E-state index in [2.05, 4.69) is 44.8 Å². The fourth-order valence-electron chi connectivity index (χ4n) is 3.15. The number of nitrogens with one attached hydrogen (secondary N) is 1. The SMILES string of the molecule is CCOCCCN1CC(C(C)C)NCC1(CC)CC. The summed E-state index contributed by atoms with van der Waals surface area (Å²) in [5, 5.41) is 3.77. The molecule has 1 fully saturated rings. The molecular formula is C16H34N2O. The second kappa shape index (κ2) is 8.23. The molecule has 1 unspecified atom stereocenters. The molecular weight excluding hydrogens is 236 g/mol. The molecule has 19 heavy (non-hydrogen) atoms. The molecule has 0 saturated carbocycles. The number of nitrogens with zero attached hydrogens (tertiary/aromatic N) is 1. The minimum Gasteiger partial charge on any atom is -0.382 e. The molecule has 1 N–H and O–H groups in total. The van der Waals surface area contributed by atoms with Crippen LogP contribution in [-0.4, -0.2) is 49.3 Å². The van der Waals surface area contributed by atoms with Crippen LogP contribution in [-0.2, 0) is 4.74 Å². The largest absolute Gasteiger partial charge is 0.382 e. The van der Waals surface area contributed by atoms with Gasteiger partial charge >= 0.3 is 0 Å². The third-order valence-electron chi connectivity index (χ3n) is 4.82. The van der Waals surface area contributed by atoms with Crippen molar-refractivity contribution < 1.29 is 4.74 Å². The maximum Gasteiger partial charge on any atom is 0.0478 e. The fourth-order valence-corrected chi connectivity index (χ4v) is 3.15. The van der Waals surface area contributed by atoms with Crippen LogP contribution in [0.5, 0.6) is 0 Å². The lowest BCUT2D eigenvalue weighted by molar-refractivity contribution is 0.0145. The van der Waals surface area contributed by atoms with Gasteiger partial charge in [-0.25, -0.2) is 0 Å². The first-order valence-electron chi connectivity index (χ1n) is 8.15. The lowest BCUT2D eigenvalue weighted by Gasteiger charge is -2.50. The Kier molecular flexibility index (Phi) is 7.33. The highest BCUT2D eigenvalue weighted by Crippen LogP contribution is 2.28. The quantitative estimate of drug-likeness (QED) is 0.686. The van der Waals surface area contributed by atoms with Crippen molar-refractivity contribution in [3.05, 3.63) is 0 Å². The summed E-state index contributed by atoms with van der Waals surface area (Å²) in [5.41, 5.74) is 0.359. The van der Waals surface area contributed by atoms with Gasteiger partial charge in [-0.2, -0.15) is 0 Å². The summed E-state index contributed by atoms with van der Waals surface area (Å²) in [6.07, 6.45) is 3.62. The summed E-state index contributed by atoms with van der Waals surface area (Å²) < 4.78 is 5.49. The third kappa shape index (κ3) is 4.44. The molecule has 0 spiro atoms. The Morgan fingerprint density at radius 2 is 1.95 bits per heavy atom. The van der Waals surface area contributed by atoms with E-state index in [0.29, 0.717) is 17.5 Å². The van der Waals surface area contributed by atoms with E-state index >= 15 is 0 Å². The summed E-state index contributed by atoms with van der Waals surface area (Å²) in [4.78, 5) is 2.73. The smallest absolute Gasteiger partial charge is 0.0478 e. The van der Waals surface area contributed by atoms with E-state index in [1.54, 1.807) is 0 Å². The van der Waals surface area contributed by atoms with E-state index in [4.69, 9.17) is 4.74 Å². The normalized spacial score (nSPS) is 24.0. The predicted molar refractivity (Wildman–Crippen MR) is 82.6 cm³/mol. The van der Waals surface area contributed by atoms with E-state index < -0.39 is 0 Å². The van der Waals surface area contributed by atoms with Crippen molar-refractivity contribution in [3.8, 4) is 0 Å². The van der Waals surface area contributed by atoms with Crippen LogP contribution >= 0.6 is 0 Å². The molecule has 0 amide bonds. The highest BCUT2D eigenvalue weighted by atomic mass is 16.5. The standard InChI is InChI=1S/C16H34N2O/c1-6-16(7-2)13-17-15(14(4)5)12-18(16)10-9-11-19-8-3/h14-15,17H,6-13H2,1-5H3. The number of rotatable bonds is 8. The first-order valence-corrected chi connectivity index (χ1v) is 8.15. The summed E-state index contributed by atoms with van der Waals surface area (Å²) >= 11 is 0. The Morgan fingerprint density at radius 1 is 1.26 bits per heavy atom. The van der Waals surface area contributed by atoms with Crippen LogP contribution in [0.25, 0.3) is 0 Å². The van der Waals surface area contributed by atoms with Gasteiger partial charge < -0.3 is 10.1 Å². The van der Waals surface area contributed by atoms with Crippen LogP contribution in [0.2, 0.25) is 0 Å². The average molecular weight is 270 g/mol. The average Bonchev–Trinajstić information content (AvgIpc) is 2.43. The zero-order valence-electron chi connectivity index (χ0n) is 13.7. The maximum absolute atomic E-state index is 5.49. The molecule has 0 bridgehead atoms. The fraction of sp³-hybridized carbons (Fsp3) is 1.00. The van der Waals surface area contributed by atoms with E-state index in [-0.39, 0.29) is 0 Å². The molecule has 1 aliphatic rings. The molecule has 3 nitrogen and oxygen atoms in total. The van der Waals surface area contributed by atoms with E-state index in [1.807, 2.05) is 0 Å². The highest BCUT2D eigenvalue weighted by molar-refractivity contribution is 4.98. The molecule has 1 heterocycles. The van der Waals surface area contributed by atoms with Gasteiger partial charge in [0.1, 0.15) is 0 Å². The van der Waals surface area contributed by atoms with Crippen molar-refractivity contribution in [1.29, 1.82) is 0 Å². The van der Waals surface area contributed by atoms with Crippen LogP contribution in [0.3, 0.4) is 0 Å². The summed E-state index contributed by atoms with van der Waals surface area (Å²) in [7, 11) is 0. The topological polar surface area (TPSA) is 24.5 Å². The van der Waals surface area contributed by atoms with Crippen molar-refractivity contribution >= 4 is 0 Å². The second-order valence-corrected chi connectivity index (χ2v) is 6.16. The van der Waals surface area contributed by atoms with Crippen molar-refractivity contribution in [2.75, 3.05) is 32.8 Å². The Bertz CT molecular complexity index is 239. The molecule has 0 aromatic rings. The van der Waals surface area contributed by atoms with Crippen molar-refractivity contribution in [2.24, 2.45) is 5.92 Å². The number of piperazine rings is 1. The maximum atomic E-state index is 5.49. The van der Waals surface area contributed by atoms with Crippen molar-refractivity contribution in [1.82, 2.24) is 10.2 Å². The molecule has 1 saturated heterocycles. The number of ether oxygens (including phenoxy) is 1. The van der Waals surface area contributed by atoms with Gasteiger partial charge in [0.25, 0.3) is 0 Å². The van der Waals surface area contributed by atoms with Gasteiger partial charge in [-0.05, 0) is 32.1 Å². The van der Waals surface area contributed by atoms with Gasteiger partial charge in [0.2, 0.25) is 0 Å². The van der Waals surface area contributed by atoms with Gasteiger partial charge in [0, 0.05) is 44.4 Å². The highest BCUT2D eigenvalue weighted by Gasteiger charge is 2.38. The molecule has 0 aromatic heterocycles. The zero-order valence-corrected chi connectivity index (χ0v) is 13.7. The van der Waals surface area contributed by atoms with Gasteiger partial charge in [-0.15, -0.1) is 0 Å². The summed E-state index contributed by atoms with van der Waals surface area (Å²) in [5.74, 6) is 0.709. The first kappa shape index (κ1) is 16.9. The summed E-state index contributed by atoms with van der Waals surface area (Å²) in [6.45, 7) is 16.6. The lowest BCUT2D eigenvalue weighted by atomic mass is 9.85.